The van der Waals surface area contributed by atoms with Crippen molar-refractivity contribution >= 4 is 28.2 Å². The number of aromatic hydroxyl groups is 5. The fourth-order valence-electron chi connectivity index (χ4n) is 16.6. The summed E-state index contributed by atoms with van der Waals surface area (Å²) in [6, 6.07) is 100. The summed E-state index contributed by atoms with van der Waals surface area (Å²) in [5.41, 5.74) is 29.9. The Kier molecular flexibility index (Phi) is 28.5. The molecule has 0 saturated carbocycles. The largest absolute Gasteiger partial charge is 0.493 e. The average molecular weight is 1860 g/mol. The second-order valence-electron chi connectivity index (χ2n) is 35.0. The number of furan rings is 1. The minimum atomic E-state index is -0.950. The molecule has 0 fully saturated rings. The molecule has 140 heavy (non-hydrogen) atoms. The second kappa shape index (κ2) is 42.3. The standard InChI is InChI=1S/C27H21F2N3O.C25H21N3O2.C23H23N3O.C21H19N3O.C20H17N3O.CH4/c1-17-7-9-19(10-8-17)14-24-27(33)32-16-25(20-11-12-21(28)22(29)15-20)30-23(26(32)31-24)13-18-5-3-2-4-6-18;1-17-9-11-19(12-10-17)15-21-25(29)28-16-22(23-8-5-13-30-23)26-20(24(28)27-21)14-18-6-3-2-4-7-18;1-15(2)21-22-25-19(13-17-11-9-16(3)10-12-17)23(27)26(22)14-20(24-21)18-7-5-4-6-8-18;1-14-8-10-16(11-9-14)12-18-21(25)24-13-19(17-6-4-3-5-7-17)22-15(2)20(24)23-18;1-14-20(24)23-13-18(16-10-6-3-7-11-16)22-17(19(23)21-14)12-15-8-4-2-5-9-15;/h2-12,15-16,33H,13-14H2,1H3;2-13,16,29H,14-15H2,1H3;4-12,14-15,27H,13H2,1-3H3;3-11,13,25H,12H2,1-2H3;2-11,13,24H,12H2,1H3;1H4. The van der Waals surface area contributed by atoms with Gasteiger partial charge >= 0.3 is 0 Å². The fourth-order valence-corrected chi connectivity index (χ4v) is 16.6. The van der Waals surface area contributed by atoms with Gasteiger partial charge in [-0.25, -0.2) is 58.6 Å². The van der Waals surface area contributed by atoms with Crippen LogP contribution in [0.5, 0.6) is 29.4 Å². The van der Waals surface area contributed by atoms with Gasteiger partial charge in [-0.1, -0.05) is 323 Å². The van der Waals surface area contributed by atoms with Crippen LogP contribution < -0.4 is 0 Å². The topological polar surface area (TPSA) is 265 Å². The average Bonchev–Trinajstić information content (AvgIpc) is 1.63. The molecular formula is C117H105F2N15O6. The number of nitrogens with zero attached hydrogens (tertiary/aromatic N) is 15. The molecule has 21 nitrogen and oxygen atoms in total. The smallest absolute Gasteiger partial charge is 0.219 e. The normalized spacial score (nSPS) is 11.1. The molecule has 0 radical (unpaired) electrons. The first-order chi connectivity index (χ1) is 67.5. The van der Waals surface area contributed by atoms with Crippen molar-refractivity contribution < 1.29 is 38.7 Å². The fraction of sp³-hybridized carbons (Fsp3) is 0.145. The molecule has 11 aromatic carbocycles. The zero-order valence-electron chi connectivity index (χ0n) is 78.0. The molecule has 22 aromatic rings. The number of hydrogen-bond donors (Lipinski definition) is 5. The summed E-state index contributed by atoms with van der Waals surface area (Å²) in [7, 11) is 0. The Morgan fingerprint density at radius 1 is 0.257 bits per heavy atom. The Morgan fingerprint density at radius 3 is 0.914 bits per heavy atom. The third-order valence-corrected chi connectivity index (χ3v) is 24.1. The lowest BCUT2D eigenvalue weighted by Crippen LogP contribution is -2.01. The Labute approximate surface area is 809 Å². The van der Waals surface area contributed by atoms with E-state index in [0.717, 1.165) is 119 Å². The molecular weight excluding hydrogens is 1750 g/mol. The number of benzene rings is 11. The third-order valence-electron chi connectivity index (χ3n) is 24.1. The Balaban J connectivity index is 0.000000121. The lowest BCUT2D eigenvalue weighted by molar-refractivity contribution is 0.441. The number of aromatic nitrogens is 15. The van der Waals surface area contributed by atoms with Gasteiger partial charge in [-0.3, -0.25) is 22.0 Å². The number of rotatable bonds is 20. The van der Waals surface area contributed by atoms with E-state index in [0.29, 0.717) is 124 Å². The first kappa shape index (κ1) is 94.4. The van der Waals surface area contributed by atoms with Crippen LogP contribution in [0.3, 0.4) is 0 Å². The molecule has 0 aliphatic carbocycles. The molecule has 698 valence electrons. The highest BCUT2D eigenvalue weighted by Gasteiger charge is 2.25. The lowest BCUT2D eigenvalue weighted by Gasteiger charge is -2.10. The monoisotopic (exact) mass is 1850 g/mol. The highest BCUT2D eigenvalue weighted by molar-refractivity contribution is 5.69. The highest BCUT2D eigenvalue weighted by atomic mass is 19.2. The van der Waals surface area contributed by atoms with Gasteiger partial charge in [0.1, 0.15) is 34.2 Å². The van der Waals surface area contributed by atoms with E-state index in [1.807, 2.05) is 227 Å². The quantitative estimate of drug-likeness (QED) is 0.0475. The molecule has 0 saturated heterocycles. The maximum atomic E-state index is 13.9. The molecule has 0 unspecified atom stereocenters. The summed E-state index contributed by atoms with van der Waals surface area (Å²) >= 11 is 0. The van der Waals surface area contributed by atoms with Gasteiger partial charge in [-0.2, -0.15) is 0 Å². The van der Waals surface area contributed by atoms with Crippen molar-refractivity contribution in [3.05, 3.63) is 476 Å². The number of aryl methyl sites for hydroxylation is 6. The van der Waals surface area contributed by atoms with Gasteiger partial charge in [-0.05, 0) is 117 Å². The van der Waals surface area contributed by atoms with E-state index in [4.69, 9.17) is 39.3 Å². The molecule has 11 aromatic heterocycles. The van der Waals surface area contributed by atoms with Crippen LogP contribution in [0.25, 0.3) is 84.7 Å². The molecule has 0 bridgehead atoms. The van der Waals surface area contributed by atoms with E-state index in [1.54, 1.807) is 47.6 Å². The van der Waals surface area contributed by atoms with E-state index < -0.39 is 11.6 Å². The Bertz CT molecular complexity index is 8040. The van der Waals surface area contributed by atoms with Gasteiger partial charge in [-0.15, -0.1) is 0 Å². The molecule has 22 rings (SSSR count). The van der Waals surface area contributed by atoms with E-state index in [2.05, 4.69) is 147 Å². The van der Waals surface area contributed by atoms with E-state index in [1.165, 1.54) is 22.8 Å². The molecule has 0 spiro atoms. The van der Waals surface area contributed by atoms with Crippen LogP contribution in [0.1, 0.15) is 145 Å². The SMILES string of the molecule is C.Cc1ccc(Cc2nc3c(C(C)C)nc(-c4ccccc4)cn3c2O)cc1.Cc1ccc(Cc2nc3c(C)nc(-c4ccccc4)cn3c2O)cc1.Cc1ccc(Cc2nc3c(Cc4ccccc4)nc(-c4ccc(F)c(F)c4)cn3c2O)cc1.Cc1ccc(Cc2nc3c(Cc4ccccc4)nc(-c4ccco4)cn3c2O)cc1.Cc1nc2c(Cc3ccccc3)nc(-c3ccccc3)cn2c1O. The van der Waals surface area contributed by atoms with Crippen molar-refractivity contribution in [2.24, 2.45) is 0 Å². The Morgan fingerprint density at radius 2 is 0.550 bits per heavy atom. The van der Waals surface area contributed by atoms with Gasteiger partial charge in [0.25, 0.3) is 0 Å². The maximum Gasteiger partial charge on any atom is 0.219 e. The van der Waals surface area contributed by atoms with Crippen LogP contribution in [-0.2, 0) is 44.9 Å². The zero-order chi connectivity index (χ0) is 96.3. The summed E-state index contributed by atoms with van der Waals surface area (Å²) in [4.78, 5) is 47.2. The maximum absolute atomic E-state index is 13.9. The van der Waals surface area contributed by atoms with Crippen LogP contribution in [0, 0.1) is 53.2 Å². The van der Waals surface area contributed by atoms with Crippen LogP contribution >= 0.6 is 0 Å². The predicted molar refractivity (Wildman–Crippen MR) is 547 cm³/mol. The highest BCUT2D eigenvalue weighted by Crippen LogP contribution is 2.36. The first-order valence-electron chi connectivity index (χ1n) is 46.0. The molecule has 0 amide bonds. The van der Waals surface area contributed by atoms with Crippen molar-refractivity contribution in [2.45, 2.75) is 114 Å². The van der Waals surface area contributed by atoms with Gasteiger partial charge in [0.05, 0.1) is 57.5 Å². The van der Waals surface area contributed by atoms with Crippen LogP contribution in [0.4, 0.5) is 8.78 Å². The first-order valence-corrected chi connectivity index (χ1v) is 46.0. The second-order valence-corrected chi connectivity index (χ2v) is 35.0. The molecule has 11 heterocycles. The summed E-state index contributed by atoms with van der Waals surface area (Å²) in [6.07, 6.45) is 14.5. The molecule has 5 N–H and O–H groups in total. The van der Waals surface area contributed by atoms with Crippen molar-refractivity contribution in [1.29, 1.82) is 0 Å². The summed E-state index contributed by atoms with van der Waals surface area (Å²) in [6.45, 7) is 16.1. The number of hydrogen-bond acceptors (Lipinski definition) is 16. The molecule has 0 aliphatic rings. The van der Waals surface area contributed by atoms with Crippen LogP contribution in [0.15, 0.2) is 351 Å². The molecule has 0 aliphatic heterocycles. The van der Waals surface area contributed by atoms with Crippen LogP contribution in [0.2, 0.25) is 0 Å². The predicted octanol–water partition coefficient (Wildman–Crippen LogP) is 25.1. The van der Waals surface area contributed by atoms with E-state index in [-0.39, 0.29) is 42.7 Å². The third kappa shape index (κ3) is 21.6. The number of halogens is 2. The minimum Gasteiger partial charge on any atom is -0.493 e. The van der Waals surface area contributed by atoms with Gasteiger partial charge in [0.15, 0.2) is 45.6 Å². The summed E-state index contributed by atoms with van der Waals surface area (Å²) in [5.74, 6) is -0.348. The summed E-state index contributed by atoms with van der Waals surface area (Å²) in [5, 5.41) is 53.8. The lowest BCUT2D eigenvalue weighted by atomic mass is 10.1. The van der Waals surface area contributed by atoms with Crippen LogP contribution in [-0.4, -0.2) is 97.4 Å². The van der Waals surface area contributed by atoms with Gasteiger partial charge in [0.2, 0.25) is 29.4 Å². The molecule has 23 heteroatoms. The van der Waals surface area contributed by atoms with Gasteiger partial charge < -0.3 is 29.9 Å². The molecule has 0 atom stereocenters. The van der Waals surface area contributed by atoms with Crippen molar-refractivity contribution in [3.8, 4) is 85.9 Å². The van der Waals surface area contributed by atoms with Gasteiger partial charge in [0, 0.05) is 98.2 Å². The minimum absolute atomic E-state index is 0. The van der Waals surface area contributed by atoms with E-state index in [9.17, 15) is 34.3 Å². The Hall–Kier alpha value is -17.3. The number of fused-ring (bicyclic) bond motifs is 5. The van der Waals surface area contributed by atoms with Crippen molar-refractivity contribution in [1.82, 2.24) is 71.8 Å². The summed E-state index contributed by atoms with van der Waals surface area (Å²) < 4.78 is 41.5. The van der Waals surface area contributed by atoms with Crippen molar-refractivity contribution in [2.75, 3.05) is 0 Å². The number of imidazole rings is 5. The zero-order valence-corrected chi connectivity index (χ0v) is 78.0. The van der Waals surface area contributed by atoms with E-state index >= 15 is 0 Å². The van der Waals surface area contributed by atoms with Crippen molar-refractivity contribution in [3.63, 3.8) is 0 Å².